The quantitative estimate of drug-likeness (QED) is 0.777. The second-order valence-electron chi connectivity index (χ2n) is 6.50. The lowest BCUT2D eigenvalue weighted by Crippen LogP contribution is -2.39. The van der Waals surface area contributed by atoms with E-state index in [0.717, 1.165) is 19.4 Å². The molecule has 1 N–H and O–H groups in total. The summed E-state index contributed by atoms with van der Waals surface area (Å²) < 4.78 is 19.4. The number of anilines is 1. The molecular formula is C20H20FN3O2. The summed E-state index contributed by atoms with van der Waals surface area (Å²) in [6, 6.07) is 11.5. The number of rotatable bonds is 3. The van der Waals surface area contributed by atoms with Crippen LogP contribution in [-0.2, 0) is 4.74 Å². The molecule has 0 saturated carbocycles. The Kier molecular flexibility index (Phi) is 4.42. The van der Waals surface area contributed by atoms with E-state index in [1.807, 2.05) is 6.07 Å². The van der Waals surface area contributed by atoms with Crippen LogP contribution in [-0.4, -0.2) is 41.4 Å². The third-order valence-corrected chi connectivity index (χ3v) is 4.79. The molecule has 0 bridgehead atoms. The number of piperidine rings is 1. The van der Waals surface area contributed by atoms with Crippen LogP contribution in [0.4, 0.5) is 10.2 Å². The van der Waals surface area contributed by atoms with E-state index in [4.69, 9.17) is 9.72 Å². The fourth-order valence-electron chi connectivity index (χ4n) is 3.43. The molecule has 0 aliphatic carbocycles. The molecule has 1 aliphatic heterocycles. The van der Waals surface area contributed by atoms with Crippen LogP contribution < -0.4 is 4.90 Å². The highest BCUT2D eigenvalue weighted by atomic mass is 19.1. The molecule has 1 fully saturated rings. The Balaban J connectivity index is 1.89. The minimum atomic E-state index is -0.321. The summed E-state index contributed by atoms with van der Waals surface area (Å²) >= 11 is 0. The van der Waals surface area contributed by atoms with E-state index < -0.39 is 0 Å². The van der Waals surface area contributed by atoms with Crippen LogP contribution in [0.15, 0.2) is 42.5 Å². The van der Waals surface area contributed by atoms with Crippen molar-refractivity contribution in [2.75, 3.05) is 25.1 Å². The van der Waals surface area contributed by atoms with Crippen molar-refractivity contribution in [3.8, 4) is 17.1 Å². The molecule has 5 nitrogen and oxygen atoms in total. The maximum Gasteiger partial charge on any atom is 0.165 e. The highest BCUT2D eigenvalue weighted by Gasteiger charge is 2.23. The molecule has 0 spiro atoms. The maximum absolute atomic E-state index is 13.9. The van der Waals surface area contributed by atoms with Crippen molar-refractivity contribution in [2.45, 2.75) is 18.9 Å². The summed E-state index contributed by atoms with van der Waals surface area (Å²) in [6.45, 7) is 1.52. The van der Waals surface area contributed by atoms with Crippen LogP contribution in [0.25, 0.3) is 22.3 Å². The third kappa shape index (κ3) is 3.08. The van der Waals surface area contributed by atoms with Crippen LogP contribution >= 0.6 is 0 Å². The van der Waals surface area contributed by atoms with E-state index >= 15 is 0 Å². The zero-order chi connectivity index (χ0) is 18.1. The van der Waals surface area contributed by atoms with Gasteiger partial charge in [-0.3, -0.25) is 0 Å². The molecule has 1 aliphatic rings. The largest absolute Gasteiger partial charge is 0.507 e. The van der Waals surface area contributed by atoms with Crippen LogP contribution in [0.5, 0.6) is 5.75 Å². The number of para-hydroxylation sites is 1. The van der Waals surface area contributed by atoms with Crippen molar-refractivity contribution in [1.29, 1.82) is 0 Å². The smallest absolute Gasteiger partial charge is 0.165 e. The topological polar surface area (TPSA) is 58.5 Å². The monoisotopic (exact) mass is 353 g/mol. The number of halogens is 1. The zero-order valence-corrected chi connectivity index (χ0v) is 14.5. The molecule has 3 aromatic rings. The molecule has 6 heteroatoms. The Morgan fingerprint density at radius 2 is 2.04 bits per heavy atom. The van der Waals surface area contributed by atoms with Gasteiger partial charge in [0.15, 0.2) is 5.82 Å². The molecule has 2 heterocycles. The number of benzene rings is 2. The highest BCUT2D eigenvalue weighted by Crippen LogP contribution is 2.33. The molecule has 26 heavy (non-hydrogen) atoms. The molecule has 134 valence electrons. The Labute approximate surface area is 151 Å². The number of phenols is 1. The molecule has 1 unspecified atom stereocenters. The first-order valence-electron chi connectivity index (χ1n) is 8.69. The molecule has 0 radical (unpaired) electrons. The van der Waals surface area contributed by atoms with Gasteiger partial charge in [0.25, 0.3) is 0 Å². The lowest BCUT2D eigenvalue weighted by molar-refractivity contribution is 0.0892. The van der Waals surface area contributed by atoms with Gasteiger partial charge in [0.05, 0.1) is 17.2 Å². The van der Waals surface area contributed by atoms with Gasteiger partial charge in [-0.1, -0.05) is 12.1 Å². The molecule has 1 aromatic heterocycles. The number of aromatic hydroxyl groups is 1. The highest BCUT2D eigenvalue weighted by molar-refractivity contribution is 5.91. The normalized spacial score (nSPS) is 17.6. The molecule has 1 saturated heterocycles. The minimum absolute atomic E-state index is 0.119. The van der Waals surface area contributed by atoms with Crippen LogP contribution in [0.1, 0.15) is 12.8 Å². The summed E-state index contributed by atoms with van der Waals surface area (Å²) in [5.74, 6) is 0.900. The molecule has 1 atom stereocenters. The number of nitrogens with zero attached hydrogens (tertiary/aromatic N) is 3. The molecular weight excluding hydrogens is 333 g/mol. The SMILES string of the molecule is COC1CCCN(c2nc(-c3ccccc3O)nc3ccc(F)cc23)C1. The van der Waals surface area contributed by atoms with Gasteiger partial charge >= 0.3 is 0 Å². The van der Waals surface area contributed by atoms with Crippen molar-refractivity contribution in [1.82, 2.24) is 9.97 Å². The lowest BCUT2D eigenvalue weighted by Gasteiger charge is -2.33. The summed E-state index contributed by atoms with van der Waals surface area (Å²) in [5.41, 5.74) is 1.20. The first-order chi connectivity index (χ1) is 12.7. The molecule has 2 aromatic carbocycles. The second kappa shape index (κ2) is 6.88. The van der Waals surface area contributed by atoms with Crippen LogP contribution in [0.3, 0.4) is 0 Å². The average Bonchev–Trinajstić information content (AvgIpc) is 2.67. The predicted molar refractivity (Wildman–Crippen MR) is 98.8 cm³/mol. The Bertz CT molecular complexity index is 947. The van der Waals surface area contributed by atoms with Gasteiger partial charge in [-0.2, -0.15) is 0 Å². The maximum atomic E-state index is 13.9. The van der Waals surface area contributed by atoms with Gasteiger partial charge in [0.2, 0.25) is 0 Å². The van der Waals surface area contributed by atoms with E-state index in [1.54, 1.807) is 31.4 Å². The summed E-state index contributed by atoms with van der Waals surface area (Å²) in [5, 5.41) is 10.9. The zero-order valence-electron chi connectivity index (χ0n) is 14.5. The van der Waals surface area contributed by atoms with Gasteiger partial charge in [-0.05, 0) is 43.2 Å². The van der Waals surface area contributed by atoms with E-state index in [9.17, 15) is 9.50 Å². The Morgan fingerprint density at radius 1 is 1.19 bits per heavy atom. The van der Waals surface area contributed by atoms with Crippen LogP contribution in [0, 0.1) is 5.82 Å². The van der Waals surface area contributed by atoms with Crippen LogP contribution in [0.2, 0.25) is 0 Å². The van der Waals surface area contributed by atoms with Gasteiger partial charge in [0, 0.05) is 25.6 Å². The number of methoxy groups -OCH3 is 1. The van der Waals surface area contributed by atoms with Crippen molar-refractivity contribution < 1.29 is 14.2 Å². The Morgan fingerprint density at radius 3 is 2.85 bits per heavy atom. The van der Waals surface area contributed by atoms with Gasteiger partial charge in [0.1, 0.15) is 17.4 Å². The van der Waals surface area contributed by atoms with Crippen molar-refractivity contribution in [3.63, 3.8) is 0 Å². The number of hydrogen-bond donors (Lipinski definition) is 1. The Hall–Kier alpha value is -2.73. The first kappa shape index (κ1) is 16.7. The minimum Gasteiger partial charge on any atom is -0.507 e. The van der Waals surface area contributed by atoms with Gasteiger partial charge in [-0.25, -0.2) is 14.4 Å². The van der Waals surface area contributed by atoms with E-state index in [1.165, 1.54) is 12.1 Å². The number of ether oxygens (including phenoxy) is 1. The fraction of sp³-hybridized carbons (Fsp3) is 0.300. The predicted octanol–water partition coefficient (Wildman–Crippen LogP) is 3.76. The second-order valence-corrected chi connectivity index (χ2v) is 6.50. The van der Waals surface area contributed by atoms with Gasteiger partial charge in [-0.15, -0.1) is 0 Å². The van der Waals surface area contributed by atoms with Crippen molar-refractivity contribution >= 4 is 16.7 Å². The fourth-order valence-corrected chi connectivity index (χ4v) is 3.43. The van der Waals surface area contributed by atoms with E-state index in [2.05, 4.69) is 9.88 Å². The van der Waals surface area contributed by atoms with E-state index in [0.29, 0.717) is 34.7 Å². The molecule has 4 rings (SSSR count). The average molecular weight is 353 g/mol. The first-order valence-corrected chi connectivity index (χ1v) is 8.69. The summed E-state index contributed by atoms with van der Waals surface area (Å²) in [7, 11) is 1.71. The molecule has 0 amide bonds. The number of phenolic OH excluding ortho intramolecular Hbond substituents is 1. The van der Waals surface area contributed by atoms with E-state index in [-0.39, 0.29) is 17.7 Å². The number of aromatic nitrogens is 2. The number of fused-ring (bicyclic) bond motifs is 1. The van der Waals surface area contributed by atoms with Crippen molar-refractivity contribution in [3.05, 3.63) is 48.3 Å². The van der Waals surface area contributed by atoms with Gasteiger partial charge < -0.3 is 14.7 Å². The third-order valence-electron chi connectivity index (χ3n) is 4.79. The lowest BCUT2D eigenvalue weighted by atomic mass is 10.1. The summed E-state index contributed by atoms with van der Waals surface area (Å²) in [6.07, 6.45) is 2.10. The summed E-state index contributed by atoms with van der Waals surface area (Å²) in [4.78, 5) is 11.4. The standard InChI is InChI=1S/C20H20FN3O2/c1-26-14-5-4-10-24(12-14)20-16-11-13(21)8-9-17(16)22-19(23-20)15-6-2-3-7-18(15)25/h2-3,6-9,11,14,25H,4-5,10,12H2,1H3. The van der Waals surface area contributed by atoms with Crippen molar-refractivity contribution in [2.24, 2.45) is 0 Å². The number of hydrogen-bond acceptors (Lipinski definition) is 5.